The fraction of sp³-hybridized carbons (Fsp3) is 0.417. The molecule has 1 aromatic carbocycles. The van der Waals surface area contributed by atoms with Crippen molar-refractivity contribution < 1.29 is 27.2 Å². The first-order valence-electron chi connectivity index (χ1n) is 5.96. The van der Waals surface area contributed by atoms with E-state index >= 15 is 0 Å². The molecule has 3 N–H and O–H groups in total. The van der Waals surface area contributed by atoms with Crippen LogP contribution in [0.1, 0.15) is 20.3 Å². The monoisotopic (exact) mass is 311 g/mol. The van der Waals surface area contributed by atoms with Crippen molar-refractivity contribution in [3.8, 4) is 0 Å². The molecular weight excluding hydrogens is 297 g/mol. The van der Waals surface area contributed by atoms with Gasteiger partial charge in [-0.1, -0.05) is 5.16 Å². The Balaban J connectivity index is 3.32. The highest BCUT2D eigenvalue weighted by Crippen LogP contribution is 2.31. The molecule has 0 spiro atoms. The van der Waals surface area contributed by atoms with E-state index in [4.69, 9.17) is 10.9 Å². The number of oxime groups is 1. The lowest BCUT2D eigenvalue weighted by Gasteiger charge is -2.29. The predicted octanol–water partition coefficient (Wildman–Crippen LogP) is 2.73. The van der Waals surface area contributed by atoms with Gasteiger partial charge in [-0.2, -0.15) is 0 Å². The van der Waals surface area contributed by atoms with Crippen LogP contribution >= 0.6 is 0 Å². The molecule has 9 heteroatoms. The molecular formula is C12H14F5N3O. The molecule has 0 radical (unpaired) electrons. The zero-order valence-corrected chi connectivity index (χ0v) is 11.3. The Morgan fingerprint density at radius 1 is 1.05 bits per heavy atom. The minimum atomic E-state index is -2.21. The Morgan fingerprint density at radius 3 is 1.86 bits per heavy atom. The molecule has 1 aromatic rings. The highest BCUT2D eigenvalue weighted by molar-refractivity contribution is 5.80. The maximum atomic E-state index is 13.7. The number of nitrogens with two attached hydrogens (primary N) is 1. The Labute approximate surface area is 117 Å². The van der Waals surface area contributed by atoms with E-state index in [1.54, 1.807) is 0 Å². The first kappa shape index (κ1) is 17.0. The van der Waals surface area contributed by atoms with Crippen LogP contribution in [0.5, 0.6) is 0 Å². The highest BCUT2D eigenvalue weighted by atomic mass is 19.2. The maximum absolute atomic E-state index is 13.7. The molecule has 0 fully saturated rings. The van der Waals surface area contributed by atoms with E-state index < -0.39 is 40.8 Å². The van der Waals surface area contributed by atoms with Gasteiger partial charge in [0.05, 0.1) is 0 Å². The molecule has 1 rings (SSSR count). The predicted molar refractivity (Wildman–Crippen MR) is 66.7 cm³/mol. The summed E-state index contributed by atoms with van der Waals surface area (Å²) in [4.78, 5) is 0.953. The lowest BCUT2D eigenvalue weighted by molar-refractivity contribution is 0.317. The smallest absolute Gasteiger partial charge is 0.200 e. The van der Waals surface area contributed by atoms with Crippen LogP contribution in [0.4, 0.5) is 27.6 Å². The van der Waals surface area contributed by atoms with Crippen molar-refractivity contribution >= 4 is 11.5 Å². The van der Waals surface area contributed by atoms with Gasteiger partial charge < -0.3 is 15.8 Å². The van der Waals surface area contributed by atoms with E-state index in [2.05, 4.69) is 5.16 Å². The number of hydrogen-bond donors (Lipinski definition) is 2. The van der Waals surface area contributed by atoms with Crippen LogP contribution in [0.25, 0.3) is 0 Å². The quantitative estimate of drug-likeness (QED) is 0.167. The fourth-order valence-electron chi connectivity index (χ4n) is 1.76. The molecule has 0 bridgehead atoms. The summed E-state index contributed by atoms with van der Waals surface area (Å²) in [6.07, 6.45) is -0.117. The molecule has 118 valence electrons. The van der Waals surface area contributed by atoms with Gasteiger partial charge in [0.2, 0.25) is 5.82 Å². The number of amidine groups is 1. The van der Waals surface area contributed by atoms with E-state index in [1.807, 2.05) is 0 Å². The summed E-state index contributed by atoms with van der Waals surface area (Å²) in [5.74, 6) is -10.3. The molecule has 0 aromatic heterocycles. The molecule has 0 aliphatic rings. The zero-order chi connectivity index (χ0) is 16.3. The van der Waals surface area contributed by atoms with Gasteiger partial charge in [-0.15, -0.1) is 0 Å². The minimum Gasteiger partial charge on any atom is -0.409 e. The van der Waals surface area contributed by atoms with Crippen LogP contribution in [0.2, 0.25) is 0 Å². The van der Waals surface area contributed by atoms with Gasteiger partial charge in [-0.05, 0) is 13.8 Å². The molecule has 4 nitrogen and oxygen atoms in total. The van der Waals surface area contributed by atoms with E-state index in [0.717, 1.165) is 4.90 Å². The summed E-state index contributed by atoms with van der Waals surface area (Å²) in [7, 11) is 0. The van der Waals surface area contributed by atoms with Gasteiger partial charge in [0.15, 0.2) is 23.3 Å². The van der Waals surface area contributed by atoms with Crippen molar-refractivity contribution in [2.75, 3.05) is 11.4 Å². The molecule has 0 aliphatic carbocycles. The molecule has 0 atom stereocenters. The van der Waals surface area contributed by atoms with Crippen molar-refractivity contribution in [2.24, 2.45) is 10.9 Å². The van der Waals surface area contributed by atoms with E-state index in [9.17, 15) is 22.0 Å². The summed E-state index contributed by atoms with van der Waals surface area (Å²) in [5.41, 5.74) is 4.20. The largest absolute Gasteiger partial charge is 0.409 e. The van der Waals surface area contributed by atoms with E-state index in [-0.39, 0.29) is 18.8 Å². The lowest BCUT2D eigenvalue weighted by atomic mass is 10.1. The SMILES string of the molecule is CC(C)N(CCC(N)=NO)c1c(F)c(F)c(F)c(F)c1F. The minimum absolute atomic E-state index is 0.117. The van der Waals surface area contributed by atoms with Crippen molar-refractivity contribution in [3.05, 3.63) is 29.1 Å². The van der Waals surface area contributed by atoms with Crippen LogP contribution in [0, 0.1) is 29.1 Å². The normalized spacial score (nSPS) is 12.1. The number of anilines is 1. The number of nitrogens with zero attached hydrogens (tertiary/aromatic N) is 2. The van der Waals surface area contributed by atoms with Crippen LogP contribution in [-0.4, -0.2) is 23.6 Å². The topological polar surface area (TPSA) is 61.8 Å². The van der Waals surface area contributed by atoms with Crippen LogP contribution in [0.3, 0.4) is 0 Å². The van der Waals surface area contributed by atoms with Crippen molar-refractivity contribution in [1.29, 1.82) is 0 Å². The summed E-state index contributed by atoms with van der Waals surface area (Å²) in [6, 6.07) is -0.579. The number of benzene rings is 1. The zero-order valence-electron chi connectivity index (χ0n) is 11.3. The fourth-order valence-corrected chi connectivity index (χ4v) is 1.76. The van der Waals surface area contributed by atoms with E-state index in [0.29, 0.717) is 0 Å². The molecule has 0 saturated carbocycles. The third-order valence-electron chi connectivity index (χ3n) is 2.83. The van der Waals surface area contributed by atoms with Gasteiger partial charge in [0.25, 0.3) is 0 Å². The summed E-state index contributed by atoms with van der Waals surface area (Å²) < 4.78 is 66.9. The van der Waals surface area contributed by atoms with Crippen LogP contribution in [0.15, 0.2) is 5.16 Å². The first-order valence-corrected chi connectivity index (χ1v) is 5.96. The number of rotatable bonds is 5. The second kappa shape index (κ2) is 6.59. The van der Waals surface area contributed by atoms with Crippen molar-refractivity contribution in [1.82, 2.24) is 0 Å². The summed E-state index contributed by atoms with van der Waals surface area (Å²) in [5, 5.41) is 11.1. The summed E-state index contributed by atoms with van der Waals surface area (Å²) in [6.45, 7) is 2.82. The second-order valence-corrected chi connectivity index (χ2v) is 4.55. The first-order chi connectivity index (χ1) is 9.72. The van der Waals surface area contributed by atoms with Crippen molar-refractivity contribution in [2.45, 2.75) is 26.3 Å². The van der Waals surface area contributed by atoms with Gasteiger partial charge in [0, 0.05) is 19.0 Å². The number of hydrogen-bond acceptors (Lipinski definition) is 3. The Hall–Kier alpha value is -2.06. The van der Waals surface area contributed by atoms with E-state index in [1.165, 1.54) is 13.8 Å². The summed E-state index contributed by atoms with van der Waals surface area (Å²) >= 11 is 0. The average Bonchev–Trinajstić information content (AvgIpc) is 2.45. The Morgan fingerprint density at radius 2 is 1.48 bits per heavy atom. The van der Waals surface area contributed by atoms with Crippen LogP contribution < -0.4 is 10.6 Å². The third kappa shape index (κ3) is 3.34. The van der Waals surface area contributed by atoms with Gasteiger partial charge in [-0.3, -0.25) is 0 Å². The Bertz CT molecular complexity index is 533. The van der Waals surface area contributed by atoms with Gasteiger partial charge >= 0.3 is 0 Å². The highest BCUT2D eigenvalue weighted by Gasteiger charge is 2.30. The molecule has 0 unspecified atom stereocenters. The second-order valence-electron chi connectivity index (χ2n) is 4.55. The average molecular weight is 311 g/mol. The van der Waals surface area contributed by atoms with Gasteiger partial charge in [-0.25, -0.2) is 22.0 Å². The Kier molecular flexibility index (Phi) is 5.34. The third-order valence-corrected chi connectivity index (χ3v) is 2.83. The van der Waals surface area contributed by atoms with Crippen molar-refractivity contribution in [3.63, 3.8) is 0 Å². The maximum Gasteiger partial charge on any atom is 0.200 e. The molecule has 0 amide bonds. The standard InChI is InChI=1S/C12H14F5N3O/c1-5(2)20(4-3-6(18)19-21)12-10(16)8(14)7(13)9(15)11(12)17/h5,21H,3-4H2,1-2H3,(H2,18,19). The van der Waals surface area contributed by atoms with Gasteiger partial charge in [0.1, 0.15) is 11.5 Å². The molecule has 0 heterocycles. The number of halogens is 5. The lowest BCUT2D eigenvalue weighted by Crippen LogP contribution is -2.36. The molecule has 0 saturated heterocycles. The molecule has 21 heavy (non-hydrogen) atoms. The van der Waals surface area contributed by atoms with Crippen LogP contribution in [-0.2, 0) is 0 Å². The molecule has 0 aliphatic heterocycles.